The molecule has 0 aliphatic heterocycles. The Morgan fingerprint density at radius 3 is 2.32 bits per heavy atom. The monoisotopic (exact) mass is 293 g/mol. The van der Waals surface area contributed by atoms with Crippen LogP contribution in [0.3, 0.4) is 0 Å². The summed E-state index contributed by atoms with van der Waals surface area (Å²) < 4.78 is 31.2. The standard InChI is InChI=1S/C12H23NO5S/c1-18-9-6-10-19(16,17)13-12(11(14)15)7-4-2-3-5-8-12/h13H,2-10H2,1H3,(H,14,15). The summed E-state index contributed by atoms with van der Waals surface area (Å²) in [6, 6.07) is 0. The molecule has 1 aliphatic carbocycles. The van der Waals surface area contributed by atoms with Crippen molar-refractivity contribution in [1.29, 1.82) is 0 Å². The van der Waals surface area contributed by atoms with E-state index < -0.39 is 21.5 Å². The third-order valence-corrected chi connectivity index (χ3v) is 5.01. The van der Waals surface area contributed by atoms with E-state index in [0.29, 0.717) is 25.9 Å². The molecule has 19 heavy (non-hydrogen) atoms. The van der Waals surface area contributed by atoms with Gasteiger partial charge in [0.1, 0.15) is 5.54 Å². The van der Waals surface area contributed by atoms with Gasteiger partial charge in [-0.15, -0.1) is 0 Å². The van der Waals surface area contributed by atoms with E-state index >= 15 is 0 Å². The smallest absolute Gasteiger partial charge is 0.324 e. The average molecular weight is 293 g/mol. The van der Waals surface area contributed by atoms with Crippen molar-refractivity contribution < 1.29 is 23.1 Å². The number of nitrogens with one attached hydrogen (secondary N) is 1. The van der Waals surface area contributed by atoms with Crippen molar-refractivity contribution in [3.63, 3.8) is 0 Å². The number of hydrogen-bond acceptors (Lipinski definition) is 4. The van der Waals surface area contributed by atoms with Crippen LogP contribution in [-0.4, -0.2) is 44.5 Å². The Bertz CT molecular complexity index is 385. The number of hydrogen-bond donors (Lipinski definition) is 2. The minimum Gasteiger partial charge on any atom is -0.480 e. The fourth-order valence-corrected chi connectivity index (χ4v) is 3.92. The van der Waals surface area contributed by atoms with E-state index in [1.807, 2.05) is 0 Å². The molecule has 0 bridgehead atoms. The Hall–Kier alpha value is -0.660. The van der Waals surface area contributed by atoms with Gasteiger partial charge in [0.2, 0.25) is 10.0 Å². The fraction of sp³-hybridized carbons (Fsp3) is 0.917. The molecule has 1 aliphatic rings. The van der Waals surface area contributed by atoms with Crippen LogP contribution in [0.4, 0.5) is 0 Å². The Morgan fingerprint density at radius 1 is 1.26 bits per heavy atom. The number of methoxy groups -OCH3 is 1. The number of carboxylic acid groups (broad SMARTS) is 1. The molecular weight excluding hydrogens is 270 g/mol. The first-order chi connectivity index (χ1) is 8.92. The molecule has 1 fully saturated rings. The Balaban J connectivity index is 2.74. The molecule has 0 unspecified atom stereocenters. The van der Waals surface area contributed by atoms with Gasteiger partial charge in [-0.2, -0.15) is 4.72 Å². The molecule has 112 valence electrons. The molecule has 0 heterocycles. The first-order valence-corrected chi connectivity index (χ1v) is 8.31. The summed E-state index contributed by atoms with van der Waals surface area (Å²) in [5.41, 5.74) is -1.32. The molecule has 2 N–H and O–H groups in total. The maximum atomic E-state index is 12.0. The normalized spacial score (nSPS) is 19.8. The van der Waals surface area contributed by atoms with Crippen LogP contribution >= 0.6 is 0 Å². The van der Waals surface area contributed by atoms with Crippen LogP contribution in [0.1, 0.15) is 44.9 Å². The van der Waals surface area contributed by atoms with E-state index in [4.69, 9.17) is 4.74 Å². The molecule has 6 nitrogen and oxygen atoms in total. The molecule has 0 aromatic heterocycles. The van der Waals surface area contributed by atoms with E-state index in [9.17, 15) is 18.3 Å². The van der Waals surface area contributed by atoms with Gasteiger partial charge in [-0.05, 0) is 19.3 Å². The highest BCUT2D eigenvalue weighted by Gasteiger charge is 2.41. The largest absolute Gasteiger partial charge is 0.480 e. The predicted molar refractivity (Wildman–Crippen MR) is 71.5 cm³/mol. The lowest BCUT2D eigenvalue weighted by Crippen LogP contribution is -2.54. The summed E-state index contributed by atoms with van der Waals surface area (Å²) in [7, 11) is -2.08. The molecule has 1 rings (SSSR count). The second-order valence-corrected chi connectivity index (χ2v) is 6.91. The number of ether oxygens (including phenoxy) is 1. The molecule has 0 radical (unpaired) electrons. The van der Waals surface area contributed by atoms with Gasteiger partial charge >= 0.3 is 5.97 Å². The highest BCUT2D eigenvalue weighted by atomic mass is 32.2. The highest BCUT2D eigenvalue weighted by molar-refractivity contribution is 7.89. The lowest BCUT2D eigenvalue weighted by Gasteiger charge is -2.28. The topological polar surface area (TPSA) is 92.7 Å². The van der Waals surface area contributed by atoms with E-state index in [1.165, 1.54) is 7.11 Å². The summed E-state index contributed by atoms with van der Waals surface area (Å²) in [5, 5.41) is 9.40. The molecule has 0 saturated heterocycles. The van der Waals surface area contributed by atoms with Crippen molar-refractivity contribution in [3.8, 4) is 0 Å². The fourth-order valence-electron chi connectivity index (χ4n) is 2.43. The molecule has 1 saturated carbocycles. The van der Waals surface area contributed by atoms with E-state index in [0.717, 1.165) is 25.7 Å². The molecule has 0 aromatic carbocycles. The number of rotatable bonds is 7. The van der Waals surface area contributed by atoms with Crippen molar-refractivity contribution >= 4 is 16.0 Å². The minimum atomic E-state index is -3.58. The van der Waals surface area contributed by atoms with Crippen LogP contribution in [0.25, 0.3) is 0 Å². The number of aliphatic carboxylic acids is 1. The van der Waals surface area contributed by atoms with Crippen LogP contribution in [0, 0.1) is 0 Å². The zero-order valence-corrected chi connectivity index (χ0v) is 12.2. The summed E-state index contributed by atoms with van der Waals surface area (Å²) >= 11 is 0. The van der Waals surface area contributed by atoms with Crippen LogP contribution < -0.4 is 4.72 Å². The van der Waals surface area contributed by atoms with Gasteiger partial charge in [0.25, 0.3) is 0 Å². The quantitative estimate of drug-likeness (QED) is 0.542. The van der Waals surface area contributed by atoms with Crippen LogP contribution in [-0.2, 0) is 19.6 Å². The number of carbonyl (C=O) groups is 1. The van der Waals surface area contributed by atoms with Gasteiger partial charge in [0.15, 0.2) is 0 Å². The average Bonchev–Trinajstić information content (AvgIpc) is 2.55. The zero-order valence-electron chi connectivity index (χ0n) is 11.4. The first kappa shape index (κ1) is 16.4. The van der Waals surface area contributed by atoms with Crippen molar-refractivity contribution in [2.75, 3.05) is 19.5 Å². The molecular formula is C12H23NO5S. The lowest BCUT2D eigenvalue weighted by molar-refractivity contribution is -0.144. The van der Waals surface area contributed by atoms with Crippen LogP contribution in [0.5, 0.6) is 0 Å². The summed E-state index contributed by atoms with van der Waals surface area (Å²) in [6.07, 6.45) is 4.50. The number of carboxylic acids is 1. The minimum absolute atomic E-state index is 0.101. The van der Waals surface area contributed by atoms with E-state index in [2.05, 4.69) is 4.72 Å². The van der Waals surface area contributed by atoms with Crippen molar-refractivity contribution in [2.45, 2.75) is 50.5 Å². The predicted octanol–water partition coefficient (Wildman–Crippen LogP) is 1.12. The molecule has 0 atom stereocenters. The van der Waals surface area contributed by atoms with E-state index in [1.54, 1.807) is 0 Å². The third kappa shape index (κ3) is 5.08. The lowest BCUT2D eigenvalue weighted by atomic mass is 9.92. The van der Waals surface area contributed by atoms with Crippen molar-refractivity contribution in [3.05, 3.63) is 0 Å². The van der Waals surface area contributed by atoms with E-state index in [-0.39, 0.29) is 5.75 Å². The van der Waals surface area contributed by atoms with Crippen molar-refractivity contribution in [2.24, 2.45) is 0 Å². The number of sulfonamides is 1. The van der Waals surface area contributed by atoms with Gasteiger partial charge < -0.3 is 9.84 Å². The van der Waals surface area contributed by atoms with Gasteiger partial charge in [-0.1, -0.05) is 25.7 Å². The van der Waals surface area contributed by atoms with Gasteiger partial charge in [-0.25, -0.2) is 8.42 Å². The Kier molecular flexibility index (Phi) is 6.22. The molecule has 0 aromatic rings. The Morgan fingerprint density at radius 2 is 1.84 bits per heavy atom. The highest BCUT2D eigenvalue weighted by Crippen LogP contribution is 2.28. The maximum absolute atomic E-state index is 12.0. The second-order valence-electron chi connectivity index (χ2n) is 5.07. The molecule has 0 spiro atoms. The summed E-state index contributed by atoms with van der Waals surface area (Å²) in [4.78, 5) is 11.5. The van der Waals surface area contributed by atoms with Gasteiger partial charge in [-0.3, -0.25) is 4.79 Å². The Labute approximate surface area is 114 Å². The summed E-state index contributed by atoms with van der Waals surface area (Å²) in [5.74, 6) is -1.17. The van der Waals surface area contributed by atoms with Crippen LogP contribution in [0.15, 0.2) is 0 Å². The SMILES string of the molecule is COCCCS(=O)(=O)NC1(C(=O)O)CCCCCC1. The zero-order chi connectivity index (χ0) is 14.4. The summed E-state index contributed by atoms with van der Waals surface area (Å²) in [6.45, 7) is 0.348. The van der Waals surface area contributed by atoms with Gasteiger partial charge in [0, 0.05) is 13.7 Å². The van der Waals surface area contributed by atoms with Crippen LogP contribution in [0.2, 0.25) is 0 Å². The van der Waals surface area contributed by atoms with Gasteiger partial charge in [0.05, 0.1) is 5.75 Å². The third-order valence-electron chi connectivity index (χ3n) is 3.48. The molecule has 0 amide bonds. The molecule has 7 heteroatoms. The first-order valence-electron chi connectivity index (χ1n) is 6.66. The van der Waals surface area contributed by atoms with Crippen molar-refractivity contribution in [1.82, 2.24) is 4.72 Å². The maximum Gasteiger partial charge on any atom is 0.324 e. The second kappa shape index (κ2) is 7.21.